The van der Waals surface area contributed by atoms with Crippen molar-refractivity contribution in [1.82, 2.24) is 20.1 Å². The van der Waals surface area contributed by atoms with Crippen LogP contribution in [0.25, 0.3) is 0 Å². The van der Waals surface area contributed by atoms with E-state index in [0.717, 1.165) is 18.4 Å². The number of aromatic nitrogens is 3. The highest BCUT2D eigenvalue weighted by Gasteiger charge is 2.35. The number of hydrogen-bond acceptors (Lipinski definition) is 3. The van der Waals surface area contributed by atoms with Gasteiger partial charge in [-0.3, -0.25) is 4.79 Å². The van der Waals surface area contributed by atoms with E-state index >= 15 is 0 Å². The molecular weight excluding hydrogens is 336 g/mol. The lowest BCUT2D eigenvalue weighted by atomic mass is 9.79. The van der Waals surface area contributed by atoms with Gasteiger partial charge < -0.3 is 5.32 Å². The first-order chi connectivity index (χ1) is 13.3. The van der Waals surface area contributed by atoms with Gasteiger partial charge >= 0.3 is 0 Å². The van der Waals surface area contributed by atoms with Crippen LogP contribution >= 0.6 is 0 Å². The van der Waals surface area contributed by atoms with Crippen molar-refractivity contribution in [3.05, 3.63) is 83.9 Å². The van der Waals surface area contributed by atoms with Gasteiger partial charge in [0.15, 0.2) is 0 Å². The third-order valence-electron chi connectivity index (χ3n) is 5.56. The molecule has 0 aliphatic heterocycles. The molecule has 1 aliphatic rings. The minimum Gasteiger partial charge on any atom is -0.351 e. The fraction of sp³-hybridized carbons (Fsp3) is 0.318. The third kappa shape index (κ3) is 3.92. The molecule has 5 nitrogen and oxygen atoms in total. The number of nitrogens with one attached hydrogen (secondary N) is 1. The van der Waals surface area contributed by atoms with E-state index in [9.17, 15) is 4.79 Å². The molecule has 0 spiro atoms. The molecule has 3 aromatic rings. The van der Waals surface area contributed by atoms with Crippen LogP contribution in [-0.2, 0) is 12.0 Å². The molecule has 0 atom stereocenters. The van der Waals surface area contributed by atoms with Gasteiger partial charge in [-0.05, 0) is 36.1 Å². The molecule has 0 unspecified atom stereocenters. The zero-order valence-electron chi connectivity index (χ0n) is 15.3. The SMILES string of the molecule is O=C(NCC1(c2ccccc2)CCCC1)c1ccc(Cn2cncn2)cc1. The molecule has 27 heavy (non-hydrogen) atoms. The Hall–Kier alpha value is -2.95. The van der Waals surface area contributed by atoms with E-state index < -0.39 is 0 Å². The van der Waals surface area contributed by atoms with Crippen molar-refractivity contribution in [2.45, 2.75) is 37.6 Å². The summed E-state index contributed by atoms with van der Waals surface area (Å²) in [5, 5.41) is 7.28. The minimum atomic E-state index is -0.00971. The Morgan fingerprint density at radius 1 is 1.04 bits per heavy atom. The van der Waals surface area contributed by atoms with Gasteiger partial charge in [-0.25, -0.2) is 9.67 Å². The molecule has 1 aliphatic carbocycles. The normalized spacial score (nSPS) is 15.6. The summed E-state index contributed by atoms with van der Waals surface area (Å²) >= 11 is 0. The van der Waals surface area contributed by atoms with E-state index in [-0.39, 0.29) is 11.3 Å². The van der Waals surface area contributed by atoms with Crippen molar-refractivity contribution in [2.75, 3.05) is 6.54 Å². The molecule has 138 valence electrons. The number of carbonyl (C=O) groups is 1. The van der Waals surface area contributed by atoms with Crippen molar-refractivity contribution in [2.24, 2.45) is 0 Å². The summed E-state index contributed by atoms with van der Waals surface area (Å²) in [6.07, 6.45) is 7.92. The Labute approximate surface area is 159 Å². The van der Waals surface area contributed by atoms with Gasteiger partial charge in [0.05, 0.1) is 6.54 Å². The zero-order valence-corrected chi connectivity index (χ0v) is 15.3. The molecule has 1 amide bonds. The Kier molecular flexibility index (Phi) is 5.01. The monoisotopic (exact) mass is 360 g/mol. The predicted octanol–water partition coefficient (Wildman–Crippen LogP) is 3.57. The van der Waals surface area contributed by atoms with E-state index in [1.54, 1.807) is 11.0 Å². The van der Waals surface area contributed by atoms with Crippen molar-refractivity contribution >= 4 is 5.91 Å². The van der Waals surface area contributed by atoms with Gasteiger partial charge in [-0.1, -0.05) is 55.3 Å². The van der Waals surface area contributed by atoms with Crippen LogP contribution in [0, 0.1) is 0 Å². The second-order valence-corrected chi connectivity index (χ2v) is 7.33. The average Bonchev–Trinajstić information content (AvgIpc) is 3.40. The van der Waals surface area contributed by atoms with Crippen molar-refractivity contribution in [3.63, 3.8) is 0 Å². The van der Waals surface area contributed by atoms with Crippen LogP contribution in [0.4, 0.5) is 0 Å². The van der Waals surface area contributed by atoms with Gasteiger partial charge in [0.2, 0.25) is 0 Å². The maximum absolute atomic E-state index is 12.7. The van der Waals surface area contributed by atoms with Crippen LogP contribution in [-0.4, -0.2) is 27.2 Å². The molecule has 5 heteroatoms. The highest BCUT2D eigenvalue weighted by Crippen LogP contribution is 2.40. The predicted molar refractivity (Wildman–Crippen MR) is 104 cm³/mol. The number of carbonyl (C=O) groups excluding carboxylic acids is 1. The van der Waals surface area contributed by atoms with E-state index in [0.29, 0.717) is 18.7 Å². The van der Waals surface area contributed by atoms with Crippen LogP contribution in [0.5, 0.6) is 0 Å². The molecule has 1 fully saturated rings. The summed E-state index contributed by atoms with van der Waals surface area (Å²) in [6.45, 7) is 1.34. The first-order valence-electron chi connectivity index (χ1n) is 9.50. The number of nitrogens with zero attached hydrogens (tertiary/aromatic N) is 3. The Bertz CT molecular complexity index is 866. The fourth-order valence-electron chi connectivity index (χ4n) is 4.03. The third-order valence-corrected chi connectivity index (χ3v) is 5.56. The van der Waals surface area contributed by atoms with E-state index in [1.807, 2.05) is 30.3 Å². The molecule has 0 bridgehead atoms. The lowest BCUT2D eigenvalue weighted by molar-refractivity contribution is 0.0943. The molecule has 4 rings (SSSR count). The molecule has 2 aromatic carbocycles. The van der Waals surface area contributed by atoms with Crippen molar-refractivity contribution in [3.8, 4) is 0 Å². The lowest BCUT2D eigenvalue weighted by Crippen LogP contribution is -2.39. The Morgan fingerprint density at radius 3 is 2.44 bits per heavy atom. The van der Waals surface area contributed by atoms with Gasteiger partial charge in [0.25, 0.3) is 5.91 Å². The molecule has 0 saturated heterocycles. The summed E-state index contributed by atoms with van der Waals surface area (Å²) in [6, 6.07) is 18.3. The minimum absolute atomic E-state index is 0.00971. The van der Waals surface area contributed by atoms with E-state index in [2.05, 4.69) is 39.7 Å². The second-order valence-electron chi connectivity index (χ2n) is 7.33. The summed E-state index contributed by atoms with van der Waals surface area (Å²) in [7, 11) is 0. The molecule has 1 aromatic heterocycles. The van der Waals surface area contributed by atoms with Crippen molar-refractivity contribution in [1.29, 1.82) is 0 Å². The van der Waals surface area contributed by atoms with Crippen LogP contribution in [0.1, 0.15) is 47.2 Å². The highest BCUT2D eigenvalue weighted by molar-refractivity contribution is 5.94. The summed E-state index contributed by atoms with van der Waals surface area (Å²) in [5.74, 6) is -0.00971. The first kappa shape index (κ1) is 17.5. The molecule has 1 saturated carbocycles. The summed E-state index contributed by atoms with van der Waals surface area (Å²) < 4.78 is 1.76. The number of benzene rings is 2. The van der Waals surface area contributed by atoms with Crippen LogP contribution < -0.4 is 5.32 Å². The van der Waals surface area contributed by atoms with E-state index in [4.69, 9.17) is 0 Å². The topological polar surface area (TPSA) is 59.8 Å². The van der Waals surface area contributed by atoms with Gasteiger partial charge in [0.1, 0.15) is 12.7 Å². The van der Waals surface area contributed by atoms with Crippen LogP contribution in [0.3, 0.4) is 0 Å². The number of rotatable bonds is 6. The average molecular weight is 360 g/mol. The van der Waals surface area contributed by atoms with Crippen LogP contribution in [0.15, 0.2) is 67.3 Å². The highest BCUT2D eigenvalue weighted by atomic mass is 16.1. The molecule has 1 N–H and O–H groups in total. The maximum atomic E-state index is 12.7. The van der Waals surface area contributed by atoms with Crippen molar-refractivity contribution < 1.29 is 4.79 Å². The lowest BCUT2D eigenvalue weighted by Gasteiger charge is -2.30. The van der Waals surface area contributed by atoms with Gasteiger partial charge in [-0.15, -0.1) is 0 Å². The number of amides is 1. The smallest absolute Gasteiger partial charge is 0.251 e. The Morgan fingerprint density at radius 2 is 1.78 bits per heavy atom. The standard InChI is InChI=1S/C22H24N4O/c27-21(19-10-8-18(9-11-19)14-26-17-23-16-25-26)24-15-22(12-4-5-13-22)20-6-2-1-3-7-20/h1-3,6-11,16-17H,4-5,12-15H2,(H,24,27). The Balaban J connectivity index is 1.41. The van der Waals surface area contributed by atoms with Gasteiger partial charge in [-0.2, -0.15) is 5.10 Å². The van der Waals surface area contributed by atoms with Gasteiger partial charge in [0, 0.05) is 17.5 Å². The van der Waals surface area contributed by atoms with Crippen LogP contribution in [0.2, 0.25) is 0 Å². The molecular formula is C22H24N4O. The quantitative estimate of drug-likeness (QED) is 0.731. The fourth-order valence-corrected chi connectivity index (χ4v) is 4.03. The zero-order chi connectivity index (χ0) is 18.5. The molecule has 0 radical (unpaired) electrons. The number of hydrogen-bond donors (Lipinski definition) is 1. The maximum Gasteiger partial charge on any atom is 0.251 e. The second kappa shape index (κ2) is 7.74. The summed E-state index contributed by atoms with van der Waals surface area (Å²) in [4.78, 5) is 16.6. The largest absolute Gasteiger partial charge is 0.351 e. The summed E-state index contributed by atoms with van der Waals surface area (Å²) in [5.41, 5.74) is 3.20. The first-order valence-corrected chi connectivity index (χ1v) is 9.50. The van der Waals surface area contributed by atoms with E-state index in [1.165, 1.54) is 24.7 Å². The molecule has 1 heterocycles.